The Bertz CT molecular complexity index is 653. The first-order valence-corrected chi connectivity index (χ1v) is 10.9. The van der Waals surface area contributed by atoms with Gasteiger partial charge in [0.15, 0.2) is 0 Å². The van der Waals surface area contributed by atoms with Gasteiger partial charge < -0.3 is 10.1 Å². The van der Waals surface area contributed by atoms with Gasteiger partial charge in [0.05, 0.1) is 18.1 Å². The molecule has 1 saturated heterocycles. The van der Waals surface area contributed by atoms with Crippen LogP contribution in [0.15, 0.2) is 29.2 Å². The third-order valence-electron chi connectivity index (χ3n) is 4.53. The van der Waals surface area contributed by atoms with Crippen LogP contribution in [0.25, 0.3) is 0 Å². The van der Waals surface area contributed by atoms with E-state index in [9.17, 15) is 13.2 Å². The first kappa shape index (κ1) is 20.9. The summed E-state index contributed by atoms with van der Waals surface area (Å²) in [4.78, 5) is 12.1. The molecule has 0 bridgehead atoms. The molecule has 0 aliphatic carbocycles. The zero-order chi connectivity index (χ0) is 18.8. The molecule has 1 aromatic carbocycles. The van der Waals surface area contributed by atoms with Crippen LogP contribution in [0, 0.1) is 0 Å². The number of morpholine rings is 1. The lowest BCUT2D eigenvalue weighted by molar-refractivity contribution is -0.121. The molecular weight excluding hydrogens is 352 g/mol. The molecule has 146 valence electrons. The van der Waals surface area contributed by atoms with E-state index in [2.05, 4.69) is 12.2 Å². The fourth-order valence-electron chi connectivity index (χ4n) is 2.89. The van der Waals surface area contributed by atoms with Crippen molar-refractivity contribution in [1.29, 1.82) is 0 Å². The topological polar surface area (TPSA) is 75.7 Å². The average Bonchev–Trinajstić information content (AvgIpc) is 2.67. The molecule has 1 N–H and O–H groups in total. The van der Waals surface area contributed by atoms with Crippen molar-refractivity contribution in [2.24, 2.45) is 0 Å². The Labute approximate surface area is 157 Å². The van der Waals surface area contributed by atoms with E-state index in [1.165, 1.54) is 23.6 Å². The first-order chi connectivity index (χ1) is 12.5. The van der Waals surface area contributed by atoms with Crippen molar-refractivity contribution in [2.45, 2.75) is 56.9 Å². The highest BCUT2D eigenvalue weighted by Gasteiger charge is 2.25. The van der Waals surface area contributed by atoms with Crippen LogP contribution >= 0.6 is 0 Å². The number of benzene rings is 1. The van der Waals surface area contributed by atoms with Crippen molar-refractivity contribution in [3.8, 4) is 0 Å². The van der Waals surface area contributed by atoms with Crippen LogP contribution in [-0.4, -0.2) is 44.9 Å². The van der Waals surface area contributed by atoms with E-state index in [0.717, 1.165) is 18.4 Å². The van der Waals surface area contributed by atoms with E-state index in [1.54, 1.807) is 24.3 Å². The highest BCUT2D eigenvalue weighted by molar-refractivity contribution is 7.89. The van der Waals surface area contributed by atoms with Gasteiger partial charge in [-0.05, 0) is 24.1 Å². The largest absolute Gasteiger partial charge is 0.379 e. The average molecular weight is 383 g/mol. The molecule has 0 aromatic heterocycles. The van der Waals surface area contributed by atoms with E-state index in [4.69, 9.17) is 4.74 Å². The third-order valence-corrected chi connectivity index (χ3v) is 6.44. The summed E-state index contributed by atoms with van der Waals surface area (Å²) in [7, 11) is -3.46. The van der Waals surface area contributed by atoms with Crippen LogP contribution < -0.4 is 5.32 Å². The SMILES string of the molecule is CCCCCCCC(=O)NCc1ccc(S(=O)(=O)N2CCOCC2)cc1. The standard InChI is InChI=1S/C19H30N2O4S/c1-2-3-4-5-6-7-19(22)20-16-17-8-10-18(11-9-17)26(23,24)21-12-14-25-15-13-21/h8-11H,2-7,12-16H2,1H3,(H,20,22). The molecule has 1 amide bonds. The number of amides is 1. The van der Waals surface area contributed by atoms with Crippen LogP contribution in [0.3, 0.4) is 0 Å². The van der Waals surface area contributed by atoms with Crippen molar-refractivity contribution in [3.63, 3.8) is 0 Å². The minimum atomic E-state index is -3.46. The number of hydrogen-bond donors (Lipinski definition) is 1. The lowest BCUT2D eigenvalue weighted by Gasteiger charge is -2.26. The minimum Gasteiger partial charge on any atom is -0.379 e. The van der Waals surface area contributed by atoms with Crippen LogP contribution in [0.5, 0.6) is 0 Å². The number of unbranched alkanes of at least 4 members (excludes halogenated alkanes) is 4. The smallest absolute Gasteiger partial charge is 0.243 e. The Kier molecular flexibility index (Phi) is 8.54. The summed E-state index contributed by atoms with van der Waals surface area (Å²) < 4.78 is 31.8. The number of rotatable bonds is 10. The Morgan fingerprint density at radius 3 is 2.38 bits per heavy atom. The lowest BCUT2D eigenvalue weighted by Crippen LogP contribution is -2.40. The Hall–Kier alpha value is -1.44. The van der Waals surface area contributed by atoms with Crippen LogP contribution in [0.2, 0.25) is 0 Å². The zero-order valence-electron chi connectivity index (χ0n) is 15.6. The molecule has 0 spiro atoms. The minimum absolute atomic E-state index is 0.0477. The van der Waals surface area contributed by atoms with Gasteiger partial charge in [-0.2, -0.15) is 4.31 Å². The second-order valence-electron chi connectivity index (χ2n) is 6.60. The van der Waals surface area contributed by atoms with E-state index in [0.29, 0.717) is 39.3 Å². The first-order valence-electron chi connectivity index (χ1n) is 9.47. The van der Waals surface area contributed by atoms with Gasteiger partial charge in [-0.3, -0.25) is 4.79 Å². The highest BCUT2D eigenvalue weighted by Crippen LogP contribution is 2.17. The molecule has 1 fully saturated rings. The molecule has 2 rings (SSSR count). The van der Waals surface area contributed by atoms with Gasteiger partial charge in [0.2, 0.25) is 15.9 Å². The molecule has 26 heavy (non-hydrogen) atoms. The molecule has 0 saturated carbocycles. The maximum atomic E-state index is 12.6. The van der Waals surface area contributed by atoms with Crippen molar-refractivity contribution in [2.75, 3.05) is 26.3 Å². The number of sulfonamides is 1. The molecule has 1 aromatic rings. The summed E-state index contributed by atoms with van der Waals surface area (Å²) in [6, 6.07) is 6.73. The van der Waals surface area contributed by atoms with Crippen LogP contribution in [0.4, 0.5) is 0 Å². The molecule has 6 nitrogen and oxygen atoms in total. The monoisotopic (exact) mass is 382 g/mol. The Morgan fingerprint density at radius 1 is 1.08 bits per heavy atom. The molecule has 7 heteroatoms. The van der Waals surface area contributed by atoms with Crippen molar-refractivity contribution in [1.82, 2.24) is 9.62 Å². The molecular formula is C19H30N2O4S. The third kappa shape index (κ3) is 6.37. The fourth-order valence-corrected chi connectivity index (χ4v) is 4.30. The number of hydrogen-bond acceptors (Lipinski definition) is 4. The van der Waals surface area contributed by atoms with Crippen molar-refractivity contribution < 1.29 is 17.9 Å². The Balaban J connectivity index is 1.79. The molecule has 1 heterocycles. The zero-order valence-corrected chi connectivity index (χ0v) is 16.4. The highest BCUT2D eigenvalue weighted by atomic mass is 32.2. The summed E-state index contributed by atoms with van der Waals surface area (Å²) >= 11 is 0. The predicted octanol–water partition coefficient (Wildman–Crippen LogP) is 2.68. The van der Waals surface area contributed by atoms with Gasteiger partial charge in [0, 0.05) is 26.1 Å². The fraction of sp³-hybridized carbons (Fsp3) is 0.632. The summed E-state index contributed by atoms with van der Waals surface area (Å²) in [5, 5.41) is 2.90. The van der Waals surface area contributed by atoms with Gasteiger partial charge in [-0.25, -0.2) is 8.42 Å². The molecule has 0 radical (unpaired) electrons. The maximum Gasteiger partial charge on any atom is 0.243 e. The van der Waals surface area contributed by atoms with Crippen LogP contribution in [-0.2, 0) is 26.1 Å². The lowest BCUT2D eigenvalue weighted by atomic mass is 10.1. The molecule has 1 aliphatic rings. The second-order valence-corrected chi connectivity index (χ2v) is 8.54. The number of ether oxygens (including phenoxy) is 1. The van der Waals surface area contributed by atoms with Crippen molar-refractivity contribution >= 4 is 15.9 Å². The predicted molar refractivity (Wildman–Crippen MR) is 101 cm³/mol. The Morgan fingerprint density at radius 2 is 1.73 bits per heavy atom. The van der Waals surface area contributed by atoms with Crippen molar-refractivity contribution in [3.05, 3.63) is 29.8 Å². The van der Waals surface area contributed by atoms with E-state index < -0.39 is 10.0 Å². The van der Waals surface area contributed by atoms with Crippen LogP contribution in [0.1, 0.15) is 51.0 Å². The molecule has 1 aliphatic heterocycles. The molecule has 0 atom stereocenters. The molecule has 0 unspecified atom stereocenters. The van der Waals surface area contributed by atoms with E-state index >= 15 is 0 Å². The maximum absolute atomic E-state index is 12.6. The van der Waals surface area contributed by atoms with Gasteiger partial charge in [-0.1, -0.05) is 44.7 Å². The summed E-state index contributed by atoms with van der Waals surface area (Å²) in [6.07, 6.45) is 6.17. The normalized spacial score (nSPS) is 15.7. The quantitative estimate of drug-likeness (QED) is 0.631. The van der Waals surface area contributed by atoms with Gasteiger partial charge in [-0.15, -0.1) is 0 Å². The summed E-state index contributed by atoms with van der Waals surface area (Å²) in [5.41, 5.74) is 0.894. The van der Waals surface area contributed by atoms with Gasteiger partial charge in [0.1, 0.15) is 0 Å². The van der Waals surface area contributed by atoms with Gasteiger partial charge in [0.25, 0.3) is 0 Å². The summed E-state index contributed by atoms with van der Waals surface area (Å²) in [5.74, 6) is 0.0477. The number of nitrogens with zero attached hydrogens (tertiary/aromatic N) is 1. The number of nitrogens with one attached hydrogen (secondary N) is 1. The van der Waals surface area contributed by atoms with Gasteiger partial charge >= 0.3 is 0 Å². The van der Waals surface area contributed by atoms with E-state index in [-0.39, 0.29) is 10.8 Å². The second kappa shape index (κ2) is 10.6. The van der Waals surface area contributed by atoms with E-state index in [1.807, 2.05) is 0 Å². The number of carbonyl (C=O) groups excluding carboxylic acids is 1. The summed E-state index contributed by atoms with van der Waals surface area (Å²) in [6.45, 7) is 4.23. The number of carbonyl (C=O) groups is 1.